The van der Waals surface area contributed by atoms with Crippen molar-refractivity contribution in [3.05, 3.63) is 0 Å². The Morgan fingerprint density at radius 3 is 0.636 bits per heavy atom. The monoisotopic (exact) mass is 390 g/mol. The van der Waals surface area contributed by atoms with Gasteiger partial charge in [-0.3, -0.25) is 0 Å². The van der Waals surface area contributed by atoms with Crippen molar-refractivity contribution in [2.75, 3.05) is 0 Å². The summed E-state index contributed by atoms with van der Waals surface area (Å²) >= 11 is -3.45. The third-order valence-electron chi connectivity index (χ3n) is 1.99. The molecule has 0 saturated heterocycles. The van der Waals surface area contributed by atoms with Gasteiger partial charge in [-0.05, 0) is 78.6 Å². The smallest absolute Gasteiger partial charge is 0.634 e. The number of hydrogen-bond donors (Lipinski definition) is 0. The summed E-state index contributed by atoms with van der Waals surface area (Å²) in [7, 11) is -7.30. The first-order valence-corrected chi connectivity index (χ1v) is 23.3. The molecule has 0 bridgehead atoms. The molecule has 22 heavy (non-hydrogen) atoms. The molecular weight excluding hydrogens is 354 g/mol. The van der Waals surface area contributed by atoms with Crippen LogP contribution < -0.4 is 18.9 Å². The Kier molecular flexibility index (Phi) is 10.0. The largest absolute Gasteiger partial charge is 1.00 e. The fraction of sp³-hybridized carbons (Fsp3) is 1.00. The van der Waals surface area contributed by atoms with Gasteiger partial charge in [-0.2, -0.15) is 0 Å². The van der Waals surface area contributed by atoms with Crippen LogP contribution in [0.1, 0.15) is 0 Å². The van der Waals surface area contributed by atoms with Crippen molar-refractivity contribution in [2.45, 2.75) is 78.6 Å². The van der Waals surface area contributed by atoms with Gasteiger partial charge >= 0.3 is 33.3 Å². The van der Waals surface area contributed by atoms with E-state index < -0.39 is 47.7 Å². The molecule has 0 spiro atoms. The van der Waals surface area contributed by atoms with Crippen molar-refractivity contribution in [2.24, 2.45) is 0 Å². The summed E-state index contributed by atoms with van der Waals surface area (Å²) in [5.74, 6) is 0. The average molecular weight is 391 g/mol. The average Bonchev–Trinajstić information content (AvgIpc) is 1.83. The van der Waals surface area contributed by atoms with Crippen molar-refractivity contribution in [3.8, 4) is 0 Å². The Morgan fingerprint density at radius 2 is 0.545 bits per heavy atom. The zero-order valence-corrected chi connectivity index (χ0v) is 22.4. The molecule has 0 amide bonds. The van der Waals surface area contributed by atoms with Gasteiger partial charge in [-0.15, -0.1) is 0 Å². The van der Waals surface area contributed by atoms with Crippen LogP contribution in [-0.4, -0.2) is 47.7 Å². The molecule has 0 saturated carbocycles. The Hall–Kier alpha value is 1.84. The van der Waals surface area contributed by atoms with E-state index in [4.69, 9.17) is 13.9 Å². The summed E-state index contributed by atoms with van der Waals surface area (Å²) in [6.45, 7) is 26.1. The topological polar surface area (TPSA) is 36.9 Å². The van der Waals surface area contributed by atoms with Crippen LogP contribution in [-0.2, 0) is 13.9 Å². The minimum atomic E-state index is -3.45. The molecule has 10 heteroatoms. The molecule has 0 aromatic rings. The van der Waals surface area contributed by atoms with Gasteiger partial charge in [0.05, 0.1) is 0 Å². The second-order valence-electron chi connectivity index (χ2n) is 9.50. The molecule has 128 valence electrons. The van der Waals surface area contributed by atoms with E-state index in [1.165, 1.54) is 0 Å². The van der Waals surface area contributed by atoms with Gasteiger partial charge in [-0.25, -0.2) is 0 Å². The van der Waals surface area contributed by atoms with Crippen molar-refractivity contribution in [1.29, 1.82) is 0 Å². The summed E-state index contributed by atoms with van der Waals surface area (Å²) in [5.41, 5.74) is 0. The second kappa shape index (κ2) is 8.48. The first-order chi connectivity index (χ1) is 8.83. The minimum absolute atomic E-state index is 0. The molecule has 4 nitrogen and oxygen atoms in total. The van der Waals surface area contributed by atoms with Crippen molar-refractivity contribution >= 4 is 47.7 Å². The van der Waals surface area contributed by atoms with Gasteiger partial charge in [0, 0.05) is 0 Å². The second-order valence-corrected chi connectivity index (χ2v) is 31.3. The Bertz CT molecular complexity index is 275. The van der Waals surface area contributed by atoms with Gasteiger partial charge in [0.25, 0.3) is 0 Å². The Labute approximate surface area is 158 Å². The van der Waals surface area contributed by atoms with E-state index in [-0.39, 0.29) is 18.9 Å². The van der Waals surface area contributed by atoms with Crippen molar-refractivity contribution < 1.29 is 32.8 Å². The number of rotatable bonds is 8. The summed E-state index contributed by atoms with van der Waals surface area (Å²) in [4.78, 5) is 0. The standard InChI is InChI=1S/4C3H9OSi.Al.Li/c4*1-5(2,3)4;;/h4*1-3H3;;/q4*-1;+3;+1. The van der Waals surface area contributed by atoms with Crippen LogP contribution in [0.2, 0.25) is 78.6 Å². The maximum absolute atomic E-state index is 6.50. The van der Waals surface area contributed by atoms with Crippen LogP contribution in [0.4, 0.5) is 0 Å². The molecule has 0 aromatic carbocycles. The summed E-state index contributed by atoms with van der Waals surface area (Å²) in [5, 5.41) is 0. The SMILES string of the molecule is C[Si](C)(C)[O][Al-]([O][Si](C)(C)C)([O][Si](C)(C)C)[O][Si](C)(C)C.[Li+]. The molecule has 0 aromatic heterocycles. The minimum Gasteiger partial charge on any atom is -0.634 e. The van der Waals surface area contributed by atoms with Crippen LogP contribution in [0.3, 0.4) is 0 Å². The molecule has 0 unspecified atom stereocenters. The maximum Gasteiger partial charge on any atom is 1.00 e. The van der Waals surface area contributed by atoms with Gasteiger partial charge in [0.2, 0.25) is 0 Å². The van der Waals surface area contributed by atoms with Crippen molar-refractivity contribution in [3.63, 3.8) is 0 Å². The number of hydrogen-bond acceptors (Lipinski definition) is 4. The molecule has 0 aliphatic heterocycles. The fourth-order valence-electron chi connectivity index (χ4n) is 1.88. The molecule has 0 rings (SSSR count). The van der Waals surface area contributed by atoms with Crippen LogP contribution >= 0.6 is 0 Å². The van der Waals surface area contributed by atoms with E-state index in [1.54, 1.807) is 0 Å². The molecule has 0 aliphatic rings. The summed E-state index contributed by atoms with van der Waals surface area (Å²) in [6, 6.07) is 0. The van der Waals surface area contributed by atoms with E-state index in [0.29, 0.717) is 0 Å². The molecule has 0 aliphatic carbocycles. The Morgan fingerprint density at radius 1 is 0.409 bits per heavy atom. The predicted octanol–water partition coefficient (Wildman–Crippen LogP) is 1.83. The van der Waals surface area contributed by atoms with Crippen LogP contribution in [0.5, 0.6) is 0 Å². The van der Waals surface area contributed by atoms with Crippen LogP contribution in [0.15, 0.2) is 0 Å². The quantitative estimate of drug-likeness (QED) is 0.593. The van der Waals surface area contributed by atoms with Gasteiger partial charge < -0.3 is 13.9 Å². The summed E-state index contributed by atoms with van der Waals surface area (Å²) in [6.07, 6.45) is 0. The van der Waals surface area contributed by atoms with Gasteiger partial charge in [0.15, 0.2) is 0 Å². The van der Waals surface area contributed by atoms with E-state index in [2.05, 4.69) is 78.6 Å². The van der Waals surface area contributed by atoms with E-state index >= 15 is 0 Å². The van der Waals surface area contributed by atoms with E-state index in [1.807, 2.05) is 0 Å². The first kappa shape index (κ1) is 26.1. The van der Waals surface area contributed by atoms with Gasteiger partial charge in [0.1, 0.15) is 33.3 Å². The normalized spacial score (nSPS) is 14.7. The van der Waals surface area contributed by atoms with E-state index in [9.17, 15) is 0 Å². The molecule has 0 atom stereocenters. The Balaban J connectivity index is 0. The van der Waals surface area contributed by atoms with Gasteiger partial charge in [-0.1, -0.05) is 0 Å². The molecule has 0 heterocycles. The first-order valence-electron chi connectivity index (χ1n) is 7.76. The predicted molar refractivity (Wildman–Crippen MR) is 103 cm³/mol. The van der Waals surface area contributed by atoms with Crippen LogP contribution in [0, 0.1) is 0 Å². The molecule has 0 N–H and O–H groups in total. The maximum atomic E-state index is 6.50. The van der Waals surface area contributed by atoms with Crippen LogP contribution in [0.25, 0.3) is 0 Å². The van der Waals surface area contributed by atoms with E-state index in [0.717, 1.165) is 0 Å². The summed E-state index contributed by atoms with van der Waals surface area (Å²) < 4.78 is 26.0. The zero-order valence-electron chi connectivity index (χ0n) is 17.2. The third kappa shape index (κ3) is 14.2. The zero-order chi connectivity index (χ0) is 17.3. The fourth-order valence-corrected chi connectivity index (χ4v) is 19.5. The molecule has 0 radical (unpaired) electrons. The van der Waals surface area contributed by atoms with Crippen molar-refractivity contribution in [1.82, 2.24) is 0 Å². The third-order valence-corrected chi connectivity index (χ3v) is 17.9. The molecule has 0 fully saturated rings. The molecular formula is C12H36AlLiO4Si4.